The molecule has 1 aliphatic rings. The van der Waals surface area contributed by atoms with Crippen LogP contribution in [0.1, 0.15) is 5.56 Å². The third kappa shape index (κ3) is 3.68. The van der Waals surface area contributed by atoms with Gasteiger partial charge in [0.05, 0.1) is 21.1 Å². The van der Waals surface area contributed by atoms with Gasteiger partial charge in [-0.3, -0.25) is 19.7 Å². The van der Waals surface area contributed by atoms with Gasteiger partial charge in [-0.2, -0.15) is 0 Å². The van der Waals surface area contributed by atoms with E-state index in [4.69, 9.17) is 11.6 Å². The first-order valence-electron chi connectivity index (χ1n) is 7.41. The first-order valence-corrected chi connectivity index (χ1v) is 8.60. The predicted molar refractivity (Wildman–Crippen MR) is 102 cm³/mol. The van der Waals surface area contributed by atoms with E-state index in [0.717, 1.165) is 16.7 Å². The smallest absolute Gasteiger partial charge is 0.268 e. The lowest BCUT2D eigenvalue weighted by atomic mass is 10.1. The van der Waals surface area contributed by atoms with Gasteiger partial charge >= 0.3 is 0 Å². The Morgan fingerprint density at radius 1 is 1.08 bits per heavy atom. The van der Waals surface area contributed by atoms with Crippen LogP contribution in [0.4, 0.5) is 16.2 Å². The summed E-state index contributed by atoms with van der Waals surface area (Å²) >= 11 is 6.63. The van der Waals surface area contributed by atoms with Gasteiger partial charge in [-0.05, 0) is 54.2 Å². The van der Waals surface area contributed by atoms with Gasteiger partial charge in [0.15, 0.2) is 0 Å². The van der Waals surface area contributed by atoms with Crippen LogP contribution in [0.25, 0.3) is 6.08 Å². The molecule has 0 unspecified atom stereocenters. The quantitative estimate of drug-likeness (QED) is 0.417. The van der Waals surface area contributed by atoms with Gasteiger partial charge in [-0.1, -0.05) is 29.8 Å². The van der Waals surface area contributed by atoms with Crippen molar-refractivity contribution in [3.8, 4) is 0 Å². The zero-order valence-electron chi connectivity index (χ0n) is 13.2. The van der Waals surface area contributed by atoms with Gasteiger partial charge in [0, 0.05) is 11.1 Å². The van der Waals surface area contributed by atoms with Crippen LogP contribution in [0.15, 0.2) is 65.6 Å². The fourth-order valence-electron chi connectivity index (χ4n) is 2.33. The second-order valence-corrected chi connectivity index (χ2v) is 6.62. The van der Waals surface area contributed by atoms with Crippen molar-refractivity contribution >= 4 is 52.0 Å². The third-order valence-corrected chi connectivity index (χ3v) is 4.68. The maximum Gasteiger partial charge on any atom is 0.298 e. The Balaban J connectivity index is 1.82. The molecule has 1 fully saturated rings. The summed E-state index contributed by atoms with van der Waals surface area (Å²) in [6, 6.07) is 12.6. The highest BCUT2D eigenvalue weighted by atomic mass is 35.5. The molecule has 0 N–H and O–H groups in total. The Morgan fingerprint density at radius 2 is 1.77 bits per heavy atom. The van der Waals surface area contributed by atoms with Gasteiger partial charge in [-0.25, -0.2) is 4.90 Å². The molecule has 2 aromatic rings. The largest absolute Gasteiger partial charge is 0.298 e. The molecule has 1 heterocycles. The molecule has 0 aromatic heterocycles. The van der Waals surface area contributed by atoms with Crippen LogP contribution in [0.5, 0.6) is 0 Å². The van der Waals surface area contributed by atoms with Crippen molar-refractivity contribution in [1.82, 2.24) is 0 Å². The zero-order chi connectivity index (χ0) is 18.7. The van der Waals surface area contributed by atoms with Crippen LogP contribution in [-0.2, 0) is 4.79 Å². The van der Waals surface area contributed by atoms with E-state index in [-0.39, 0.29) is 10.6 Å². The highest BCUT2D eigenvalue weighted by molar-refractivity contribution is 8.18. The molecule has 1 aliphatic heterocycles. The number of imide groups is 1. The number of benzene rings is 2. The third-order valence-electron chi connectivity index (χ3n) is 3.54. The van der Waals surface area contributed by atoms with Gasteiger partial charge in [0.1, 0.15) is 0 Å². The lowest BCUT2D eigenvalue weighted by Gasteiger charge is -2.11. The minimum atomic E-state index is -0.478. The van der Waals surface area contributed by atoms with E-state index in [1.807, 2.05) is 0 Å². The summed E-state index contributed by atoms with van der Waals surface area (Å²) in [7, 11) is 0. The molecule has 0 saturated carbocycles. The first kappa shape index (κ1) is 17.9. The molecule has 26 heavy (non-hydrogen) atoms. The van der Waals surface area contributed by atoms with Crippen LogP contribution in [0.2, 0.25) is 5.02 Å². The highest BCUT2D eigenvalue weighted by Gasteiger charge is 2.35. The number of thioether (sulfide) groups is 1. The van der Waals surface area contributed by atoms with Crippen molar-refractivity contribution in [2.75, 3.05) is 4.90 Å². The summed E-state index contributed by atoms with van der Waals surface area (Å²) in [4.78, 5) is 36.4. The molecule has 0 atom stereocenters. The summed E-state index contributed by atoms with van der Waals surface area (Å²) in [5.41, 5.74) is 0.806. The van der Waals surface area contributed by atoms with Crippen LogP contribution < -0.4 is 4.90 Å². The summed E-state index contributed by atoms with van der Waals surface area (Å²) in [6.45, 7) is 0. The maximum absolute atomic E-state index is 12.5. The Morgan fingerprint density at radius 3 is 2.46 bits per heavy atom. The number of carbonyl (C=O) groups excluding carboxylic acids is 2. The van der Waals surface area contributed by atoms with Crippen molar-refractivity contribution in [2.24, 2.45) is 0 Å². The van der Waals surface area contributed by atoms with Gasteiger partial charge in [0.2, 0.25) is 0 Å². The number of hydrogen-bond donors (Lipinski definition) is 0. The average Bonchev–Trinajstić information content (AvgIpc) is 2.90. The van der Waals surface area contributed by atoms with E-state index < -0.39 is 16.1 Å². The van der Waals surface area contributed by atoms with Gasteiger partial charge < -0.3 is 0 Å². The number of para-hydroxylation sites is 1. The van der Waals surface area contributed by atoms with Crippen molar-refractivity contribution < 1.29 is 14.5 Å². The first-order chi connectivity index (χ1) is 12.5. The Kier molecular flexibility index (Phi) is 5.20. The number of hydrogen-bond acceptors (Lipinski definition) is 5. The molecule has 0 aliphatic carbocycles. The fourth-order valence-corrected chi connectivity index (χ4v) is 3.25. The van der Waals surface area contributed by atoms with E-state index >= 15 is 0 Å². The van der Waals surface area contributed by atoms with E-state index in [1.54, 1.807) is 42.5 Å². The number of rotatable bonds is 4. The minimum absolute atomic E-state index is 0.0357. The maximum atomic E-state index is 12.5. The van der Waals surface area contributed by atoms with Crippen LogP contribution in [0.3, 0.4) is 0 Å². The topological polar surface area (TPSA) is 80.5 Å². The molecule has 0 bridgehead atoms. The standard InChI is InChI=1S/C18H11ClN2O4S/c19-13-8-10-14(11-9-13)20-17(22)16(26-18(20)23)7-3-5-12-4-1-2-6-15(12)21(24)25/h1-11H/b5-3+,16-7-. The number of nitrogens with zero attached hydrogens (tertiary/aromatic N) is 2. The van der Waals surface area contributed by atoms with Crippen molar-refractivity contribution in [1.29, 1.82) is 0 Å². The lowest BCUT2D eigenvalue weighted by Crippen LogP contribution is -2.27. The summed E-state index contributed by atoms with van der Waals surface area (Å²) in [5, 5.41) is 11.1. The molecule has 0 radical (unpaired) electrons. The molecule has 0 spiro atoms. The number of halogens is 1. The van der Waals surface area contributed by atoms with Crippen LogP contribution in [-0.4, -0.2) is 16.1 Å². The number of amides is 2. The monoisotopic (exact) mass is 386 g/mol. The van der Waals surface area contributed by atoms with Crippen molar-refractivity contribution in [2.45, 2.75) is 0 Å². The fraction of sp³-hybridized carbons (Fsp3) is 0. The Hall–Kier alpha value is -2.90. The van der Waals surface area contributed by atoms with Crippen LogP contribution in [0, 0.1) is 10.1 Å². The molecular formula is C18H11ClN2O4S. The highest BCUT2D eigenvalue weighted by Crippen LogP contribution is 2.35. The molecule has 1 saturated heterocycles. The Labute approximate surface area is 157 Å². The number of nitro groups is 1. The van der Waals surface area contributed by atoms with E-state index in [2.05, 4.69) is 0 Å². The molecule has 2 aromatic carbocycles. The second kappa shape index (κ2) is 7.55. The average molecular weight is 387 g/mol. The van der Waals surface area contributed by atoms with E-state index in [1.165, 1.54) is 24.3 Å². The number of anilines is 1. The summed E-state index contributed by atoms with van der Waals surface area (Å²) < 4.78 is 0. The molecule has 2 amide bonds. The zero-order valence-corrected chi connectivity index (χ0v) is 14.7. The molecule has 3 rings (SSSR count). The van der Waals surface area contributed by atoms with Crippen LogP contribution >= 0.6 is 23.4 Å². The Bertz CT molecular complexity index is 954. The lowest BCUT2D eigenvalue weighted by molar-refractivity contribution is -0.385. The number of nitro benzene ring substituents is 1. The number of allylic oxidation sites excluding steroid dienone is 2. The van der Waals surface area contributed by atoms with Gasteiger partial charge in [0.25, 0.3) is 16.8 Å². The summed E-state index contributed by atoms with van der Waals surface area (Å²) in [6.07, 6.45) is 4.51. The number of carbonyl (C=O) groups is 2. The molecular weight excluding hydrogens is 376 g/mol. The summed E-state index contributed by atoms with van der Waals surface area (Å²) in [5.74, 6) is -0.450. The van der Waals surface area contributed by atoms with Crippen molar-refractivity contribution in [3.05, 3.63) is 86.3 Å². The molecule has 8 heteroatoms. The van der Waals surface area contributed by atoms with E-state index in [9.17, 15) is 19.7 Å². The SMILES string of the molecule is O=C1S/C(=C\C=C\c2ccccc2[N+](=O)[O-])C(=O)N1c1ccc(Cl)cc1. The van der Waals surface area contributed by atoms with Crippen molar-refractivity contribution in [3.63, 3.8) is 0 Å². The minimum Gasteiger partial charge on any atom is -0.268 e. The second-order valence-electron chi connectivity index (χ2n) is 5.19. The predicted octanol–water partition coefficient (Wildman–Crippen LogP) is 5.05. The molecule has 130 valence electrons. The molecule has 6 nitrogen and oxygen atoms in total. The van der Waals surface area contributed by atoms with E-state index in [0.29, 0.717) is 16.3 Å². The normalized spacial score (nSPS) is 16.0. The van der Waals surface area contributed by atoms with Gasteiger partial charge in [-0.15, -0.1) is 0 Å².